The molecule has 1 heterocycles. The Labute approximate surface area is 213 Å². The first-order valence-corrected chi connectivity index (χ1v) is 12.1. The Morgan fingerprint density at radius 1 is 1.30 bits per heavy atom. The van der Waals surface area contributed by atoms with Crippen LogP contribution in [0, 0.1) is 3.57 Å². The quantitative estimate of drug-likeness (QED) is 0.207. The summed E-state index contributed by atoms with van der Waals surface area (Å²) in [7, 11) is 1.31. The Morgan fingerprint density at radius 3 is 2.73 bits per heavy atom. The number of hydrogen-bond donors (Lipinski definition) is 0. The van der Waals surface area contributed by atoms with Crippen LogP contribution in [0.2, 0.25) is 0 Å². The van der Waals surface area contributed by atoms with Crippen molar-refractivity contribution in [3.8, 4) is 11.5 Å². The van der Waals surface area contributed by atoms with Gasteiger partial charge in [-0.25, -0.2) is 9.78 Å². The molecule has 0 N–H and O–H groups in total. The van der Waals surface area contributed by atoms with Crippen LogP contribution in [0.4, 0.5) is 0 Å². The number of ether oxygens (including phenoxy) is 3. The van der Waals surface area contributed by atoms with Crippen molar-refractivity contribution in [2.75, 3.05) is 13.7 Å². The van der Waals surface area contributed by atoms with E-state index in [2.05, 4.69) is 48.6 Å². The molecule has 0 aliphatic carbocycles. The van der Waals surface area contributed by atoms with Crippen LogP contribution in [0.25, 0.3) is 10.9 Å². The van der Waals surface area contributed by atoms with Gasteiger partial charge in [0.1, 0.15) is 5.82 Å². The normalized spacial score (nSPS) is 12.2. The van der Waals surface area contributed by atoms with E-state index in [0.29, 0.717) is 46.8 Å². The molecule has 1 atom stereocenters. The monoisotopic (exact) mass is 627 g/mol. The molecule has 0 saturated carbocycles. The van der Waals surface area contributed by atoms with Crippen LogP contribution in [0.3, 0.4) is 0 Å². The SMILES string of the molecule is CCOc1cc(C=Nn2c(CC)nc3ccc(Br)cc3c2=O)cc(I)c1O[C@H](C)C(=O)OC. The lowest BCUT2D eigenvalue weighted by Crippen LogP contribution is -2.25. The van der Waals surface area contributed by atoms with Crippen molar-refractivity contribution in [2.24, 2.45) is 5.10 Å². The summed E-state index contributed by atoms with van der Waals surface area (Å²) in [5.41, 5.74) is 1.08. The fourth-order valence-corrected chi connectivity index (χ4v) is 4.21. The summed E-state index contributed by atoms with van der Waals surface area (Å²) in [5, 5.41) is 4.90. The zero-order valence-corrected chi connectivity index (χ0v) is 22.3. The fraction of sp³-hybridized carbons (Fsp3) is 0.304. The van der Waals surface area contributed by atoms with E-state index < -0.39 is 12.1 Å². The zero-order valence-electron chi connectivity index (χ0n) is 18.6. The van der Waals surface area contributed by atoms with Gasteiger partial charge in [-0.1, -0.05) is 22.9 Å². The van der Waals surface area contributed by atoms with Gasteiger partial charge in [0.15, 0.2) is 17.6 Å². The van der Waals surface area contributed by atoms with Crippen LogP contribution < -0.4 is 15.0 Å². The molecule has 3 aromatic rings. The average Bonchev–Trinajstić information content (AvgIpc) is 2.80. The summed E-state index contributed by atoms with van der Waals surface area (Å²) in [6.45, 7) is 5.79. The highest BCUT2D eigenvalue weighted by atomic mass is 127. The second kappa shape index (κ2) is 11.1. The molecule has 174 valence electrons. The van der Waals surface area contributed by atoms with Gasteiger partial charge in [0.2, 0.25) is 0 Å². The Morgan fingerprint density at radius 2 is 2.06 bits per heavy atom. The van der Waals surface area contributed by atoms with Crippen molar-refractivity contribution in [1.29, 1.82) is 0 Å². The molecule has 0 aliphatic rings. The van der Waals surface area contributed by atoms with Crippen LogP contribution in [0.1, 0.15) is 32.2 Å². The molecule has 0 amide bonds. The van der Waals surface area contributed by atoms with Crippen molar-refractivity contribution in [3.63, 3.8) is 0 Å². The largest absolute Gasteiger partial charge is 0.490 e. The van der Waals surface area contributed by atoms with Gasteiger partial charge in [-0.05, 0) is 72.3 Å². The van der Waals surface area contributed by atoms with E-state index >= 15 is 0 Å². The number of carbonyl (C=O) groups excluding carboxylic acids is 1. The van der Waals surface area contributed by atoms with Gasteiger partial charge in [-0.2, -0.15) is 9.78 Å². The van der Waals surface area contributed by atoms with Crippen LogP contribution in [0.15, 0.2) is 44.7 Å². The maximum Gasteiger partial charge on any atom is 0.346 e. The minimum absolute atomic E-state index is 0.249. The molecule has 0 saturated heterocycles. The number of methoxy groups -OCH3 is 1. The summed E-state index contributed by atoms with van der Waals surface area (Å²) < 4.78 is 19.1. The first-order chi connectivity index (χ1) is 15.8. The topological polar surface area (TPSA) is 92.0 Å². The molecular formula is C23H23BrIN3O5. The maximum absolute atomic E-state index is 13.1. The van der Waals surface area contributed by atoms with Crippen LogP contribution in [-0.2, 0) is 16.0 Å². The van der Waals surface area contributed by atoms with E-state index in [1.807, 2.05) is 26.0 Å². The molecule has 3 rings (SSSR count). The number of benzene rings is 2. The molecule has 0 aliphatic heterocycles. The molecule has 1 aromatic heterocycles. The van der Waals surface area contributed by atoms with E-state index in [9.17, 15) is 9.59 Å². The minimum atomic E-state index is -0.795. The van der Waals surface area contributed by atoms with Gasteiger partial charge >= 0.3 is 5.97 Å². The molecule has 2 aromatic carbocycles. The summed E-state index contributed by atoms with van der Waals surface area (Å²) in [6.07, 6.45) is 1.32. The number of esters is 1. The summed E-state index contributed by atoms with van der Waals surface area (Å²) in [5.74, 6) is 0.972. The van der Waals surface area contributed by atoms with Gasteiger partial charge in [0, 0.05) is 10.9 Å². The van der Waals surface area contributed by atoms with E-state index in [-0.39, 0.29) is 5.56 Å². The lowest BCUT2D eigenvalue weighted by Gasteiger charge is -2.18. The number of fused-ring (bicyclic) bond motifs is 1. The van der Waals surface area contributed by atoms with E-state index in [1.54, 1.807) is 31.3 Å². The summed E-state index contributed by atoms with van der Waals surface area (Å²) >= 11 is 5.51. The molecule has 0 bridgehead atoms. The number of hydrogen-bond acceptors (Lipinski definition) is 7. The number of nitrogens with zero attached hydrogens (tertiary/aromatic N) is 3. The number of carbonyl (C=O) groups is 1. The van der Waals surface area contributed by atoms with Gasteiger partial charge in [-0.15, -0.1) is 0 Å². The molecule has 8 nitrogen and oxygen atoms in total. The van der Waals surface area contributed by atoms with Crippen molar-refractivity contribution in [1.82, 2.24) is 9.66 Å². The number of aryl methyl sites for hydroxylation is 1. The van der Waals surface area contributed by atoms with E-state index in [4.69, 9.17) is 14.2 Å². The molecular weight excluding hydrogens is 605 g/mol. The Hall–Kier alpha value is -2.47. The Kier molecular flexibility index (Phi) is 8.46. The highest BCUT2D eigenvalue weighted by Crippen LogP contribution is 2.34. The van der Waals surface area contributed by atoms with E-state index in [0.717, 1.165) is 8.04 Å². The van der Waals surface area contributed by atoms with Crippen molar-refractivity contribution in [2.45, 2.75) is 33.3 Å². The highest BCUT2D eigenvalue weighted by Gasteiger charge is 2.20. The lowest BCUT2D eigenvalue weighted by molar-refractivity contribution is -0.148. The average molecular weight is 628 g/mol. The number of halogens is 2. The second-order valence-electron chi connectivity index (χ2n) is 6.95. The van der Waals surface area contributed by atoms with Crippen LogP contribution in [-0.4, -0.2) is 41.7 Å². The van der Waals surface area contributed by atoms with Gasteiger partial charge in [0.05, 0.1) is 34.4 Å². The number of aromatic nitrogens is 2. The predicted molar refractivity (Wildman–Crippen MR) is 139 cm³/mol. The van der Waals surface area contributed by atoms with Crippen molar-refractivity contribution < 1.29 is 19.0 Å². The van der Waals surface area contributed by atoms with E-state index in [1.165, 1.54) is 11.8 Å². The van der Waals surface area contributed by atoms with Crippen LogP contribution in [0.5, 0.6) is 11.5 Å². The number of rotatable bonds is 8. The predicted octanol–water partition coefficient (Wildman–Crippen LogP) is 4.55. The van der Waals surface area contributed by atoms with Crippen LogP contribution >= 0.6 is 38.5 Å². The highest BCUT2D eigenvalue weighted by molar-refractivity contribution is 14.1. The summed E-state index contributed by atoms with van der Waals surface area (Å²) in [4.78, 5) is 29.4. The molecule has 0 spiro atoms. The van der Waals surface area contributed by atoms with Gasteiger partial charge in [0.25, 0.3) is 5.56 Å². The lowest BCUT2D eigenvalue weighted by atomic mass is 10.2. The Bertz CT molecular complexity index is 1280. The second-order valence-corrected chi connectivity index (χ2v) is 9.03. The maximum atomic E-state index is 13.1. The molecule has 0 unspecified atom stereocenters. The van der Waals surface area contributed by atoms with Crippen molar-refractivity contribution in [3.05, 3.63) is 60.1 Å². The summed E-state index contributed by atoms with van der Waals surface area (Å²) in [6, 6.07) is 8.97. The third-order valence-corrected chi connectivity index (χ3v) is 5.97. The molecule has 33 heavy (non-hydrogen) atoms. The Balaban J connectivity index is 2.03. The smallest absolute Gasteiger partial charge is 0.346 e. The molecule has 0 fully saturated rings. The minimum Gasteiger partial charge on any atom is -0.490 e. The fourth-order valence-electron chi connectivity index (χ4n) is 3.10. The third kappa shape index (κ3) is 5.72. The van der Waals surface area contributed by atoms with Crippen molar-refractivity contribution >= 4 is 61.6 Å². The first kappa shape index (κ1) is 25.2. The third-order valence-electron chi connectivity index (χ3n) is 4.67. The standard InChI is InChI=1S/C23H23BrIN3O5/c1-5-20-27-18-8-7-15(24)11-16(18)22(29)28(20)26-12-14-9-17(25)21(19(10-14)32-6-2)33-13(3)23(30)31-4/h7-13H,5-6H2,1-4H3/t13-/m1/s1. The molecule has 0 radical (unpaired) electrons. The first-order valence-electron chi connectivity index (χ1n) is 10.2. The van der Waals surface area contributed by atoms with Gasteiger partial charge < -0.3 is 14.2 Å². The molecule has 10 heteroatoms. The zero-order chi connectivity index (χ0) is 24.1. The van der Waals surface area contributed by atoms with Gasteiger partial charge in [-0.3, -0.25) is 4.79 Å².